The van der Waals surface area contributed by atoms with E-state index in [1.807, 2.05) is 0 Å². The monoisotopic (exact) mass is 604 g/mol. The molecule has 3 aliphatic rings. The van der Waals surface area contributed by atoms with Crippen molar-refractivity contribution in [1.82, 2.24) is 0 Å². The number of fused-ring (bicyclic) bond motifs is 5. The second-order valence-electron chi connectivity index (χ2n) is 13.0. The lowest BCUT2D eigenvalue weighted by molar-refractivity contribution is -0.518. The minimum Gasteiger partial charge on any atom is -0.378 e. The van der Waals surface area contributed by atoms with Crippen molar-refractivity contribution in [2.75, 3.05) is 44.5 Å². The number of aromatic nitrogens is 1. The molecule has 3 aromatic carbocycles. The minimum absolute atomic E-state index is 1.09. The van der Waals surface area contributed by atoms with E-state index in [1.165, 1.54) is 72.7 Å². The third-order valence-corrected chi connectivity index (χ3v) is 9.45. The van der Waals surface area contributed by atoms with Gasteiger partial charge in [0.25, 0.3) is 0 Å². The van der Waals surface area contributed by atoms with Gasteiger partial charge in [-0.1, -0.05) is 54.6 Å². The molecule has 0 fully saturated rings. The van der Waals surface area contributed by atoms with Gasteiger partial charge in [0, 0.05) is 77.0 Å². The highest BCUT2D eigenvalue weighted by molar-refractivity contribution is 5.77. The van der Waals surface area contributed by atoms with Gasteiger partial charge in [-0.15, -0.1) is 0 Å². The summed E-state index contributed by atoms with van der Waals surface area (Å²) in [6, 6.07) is 24.6. The van der Waals surface area contributed by atoms with Gasteiger partial charge in [-0.2, -0.15) is 4.24 Å². The van der Waals surface area contributed by atoms with E-state index >= 15 is 0 Å². The predicted octanol–water partition coefficient (Wildman–Crippen LogP) is 7.09. The molecule has 0 N–H and O–H groups in total. The first kappa shape index (κ1) is 29.7. The molecule has 0 atom stereocenters. The first-order valence-corrected chi connectivity index (χ1v) is 16.6. The number of hydrogen-bond donors (Lipinski definition) is 0. The lowest BCUT2D eigenvalue weighted by Crippen LogP contribution is -2.27. The van der Waals surface area contributed by atoms with E-state index in [4.69, 9.17) is 0 Å². The summed E-state index contributed by atoms with van der Waals surface area (Å²) >= 11 is 0. The summed E-state index contributed by atoms with van der Waals surface area (Å²) in [6.07, 6.45) is 26.2. The van der Waals surface area contributed by atoms with Gasteiger partial charge in [-0.05, 0) is 76.6 Å². The zero-order valence-electron chi connectivity index (χ0n) is 27.6. The number of nitrogens with zero attached hydrogens (tertiary/aromatic N) is 4. The van der Waals surface area contributed by atoms with Gasteiger partial charge < -0.3 is 9.80 Å². The number of benzene rings is 3. The summed E-state index contributed by atoms with van der Waals surface area (Å²) in [5.74, 6) is 0. The van der Waals surface area contributed by atoms with Crippen molar-refractivity contribution in [3.05, 3.63) is 134 Å². The van der Waals surface area contributed by atoms with Crippen molar-refractivity contribution < 1.29 is 8.82 Å². The Morgan fingerprint density at radius 2 is 1.35 bits per heavy atom. The highest BCUT2D eigenvalue weighted by Gasteiger charge is 2.25. The van der Waals surface area contributed by atoms with Crippen LogP contribution >= 0.6 is 0 Å². The summed E-state index contributed by atoms with van der Waals surface area (Å²) in [5, 5.41) is 4.05. The molecule has 0 unspecified atom stereocenters. The largest absolute Gasteiger partial charge is 0.378 e. The van der Waals surface area contributed by atoms with Crippen molar-refractivity contribution in [2.45, 2.75) is 32.1 Å². The molecule has 0 saturated heterocycles. The maximum Gasteiger partial charge on any atom is 0.219 e. The van der Waals surface area contributed by atoms with E-state index in [0.29, 0.717) is 0 Å². The molecule has 46 heavy (non-hydrogen) atoms. The zero-order valence-corrected chi connectivity index (χ0v) is 27.6. The Morgan fingerprint density at radius 3 is 2.04 bits per heavy atom. The van der Waals surface area contributed by atoms with Crippen LogP contribution in [-0.4, -0.2) is 45.5 Å². The topological polar surface area (TPSA) is 15.4 Å². The molecule has 0 radical (unpaired) electrons. The Hall–Kier alpha value is -4.96. The molecule has 0 amide bonds. The molecule has 230 valence electrons. The summed E-state index contributed by atoms with van der Waals surface area (Å²) in [4.78, 5) is 4.28. The van der Waals surface area contributed by atoms with Crippen molar-refractivity contribution in [2.24, 2.45) is 0 Å². The molecular weight excluding hydrogens is 560 g/mol. The van der Waals surface area contributed by atoms with Crippen LogP contribution < -0.4 is 19.3 Å². The summed E-state index contributed by atoms with van der Waals surface area (Å²) in [6.45, 7) is 1.10. The van der Waals surface area contributed by atoms with Gasteiger partial charge in [0.05, 0.1) is 10.4 Å². The molecule has 0 bridgehead atoms. The van der Waals surface area contributed by atoms with Crippen LogP contribution in [-0.2, 0) is 6.42 Å². The fourth-order valence-electron chi connectivity index (χ4n) is 6.93. The highest BCUT2D eigenvalue weighted by atomic mass is 15.1. The fraction of sp³-hybridized carbons (Fsp3) is 0.238. The van der Waals surface area contributed by atoms with Gasteiger partial charge in [0.2, 0.25) is 5.35 Å². The Morgan fingerprint density at radius 1 is 0.674 bits per heavy atom. The SMILES string of the molecule is CN(C)c1ccc(/C=C/c2cc[n+]3c(c2)=c2c(c(/C=C/c4ccc(N(C)C)cc4)cc4c2=C2CCCC=[N+]2CCC4)C=CC=3)cc1. The quantitative estimate of drug-likeness (QED) is 0.173. The maximum absolute atomic E-state index is 2.57. The average molecular weight is 605 g/mol. The summed E-state index contributed by atoms with van der Waals surface area (Å²) in [7, 11) is 8.33. The van der Waals surface area contributed by atoms with Crippen molar-refractivity contribution in [3.8, 4) is 0 Å². The van der Waals surface area contributed by atoms with Crippen LogP contribution in [0.5, 0.6) is 0 Å². The predicted molar refractivity (Wildman–Crippen MR) is 195 cm³/mol. The molecule has 1 aromatic heterocycles. The van der Waals surface area contributed by atoms with Crippen LogP contribution in [0.25, 0.3) is 36.1 Å². The normalized spacial score (nSPS) is 15.3. The number of hydrogen-bond acceptors (Lipinski definition) is 2. The molecular formula is C42H44N4+2. The molecule has 3 aliphatic heterocycles. The average Bonchev–Trinajstić information content (AvgIpc) is 3.38. The van der Waals surface area contributed by atoms with Crippen molar-refractivity contribution in [3.63, 3.8) is 0 Å². The Balaban J connectivity index is 1.46. The van der Waals surface area contributed by atoms with E-state index in [9.17, 15) is 0 Å². The molecule has 0 saturated carbocycles. The van der Waals surface area contributed by atoms with E-state index in [2.05, 4.69) is 169 Å². The maximum atomic E-state index is 2.57. The van der Waals surface area contributed by atoms with Crippen LogP contribution in [0.3, 0.4) is 0 Å². The van der Waals surface area contributed by atoms with Crippen LogP contribution in [0.15, 0.2) is 79.0 Å². The molecule has 0 aliphatic carbocycles. The molecule has 0 spiro atoms. The molecule has 4 aromatic rings. The molecule has 4 heterocycles. The number of allylic oxidation sites excluding steroid dienone is 1. The first-order valence-electron chi connectivity index (χ1n) is 16.6. The van der Waals surface area contributed by atoms with E-state index in [1.54, 1.807) is 0 Å². The van der Waals surface area contributed by atoms with Gasteiger partial charge in [-0.3, -0.25) is 0 Å². The van der Waals surface area contributed by atoms with Crippen LogP contribution in [0.4, 0.5) is 11.4 Å². The van der Waals surface area contributed by atoms with Gasteiger partial charge in [0.15, 0.2) is 18.1 Å². The Bertz CT molecular complexity index is 2130. The first-order chi connectivity index (χ1) is 22.4. The third kappa shape index (κ3) is 6.00. The van der Waals surface area contributed by atoms with Gasteiger partial charge >= 0.3 is 0 Å². The highest BCUT2D eigenvalue weighted by Crippen LogP contribution is 2.25. The zero-order chi connectivity index (χ0) is 31.6. The molecule has 4 heteroatoms. The standard InChI is InChI=1S/C42H44N4/c1-43(2)36-20-15-31(16-21-36)12-13-33-24-28-46-27-8-10-38-34(19-14-32-17-22-37(23-18-32)44(3)4)30-35-9-7-26-45-25-6-5-11-39(45)41(35)42(38)40(46)29-33/h8,10,12-25,27-30H,5-7,9,11,26H2,1-4H3/q+2/b13-12+. The molecule has 4 nitrogen and oxygen atoms in total. The number of aryl methyl sites for hydroxylation is 1. The van der Waals surface area contributed by atoms with E-state index < -0.39 is 0 Å². The Labute approximate surface area is 272 Å². The van der Waals surface area contributed by atoms with E-state index in [-0.39, 0.29) is 0 Å². The number of pyridine rings is 1. The molecule has 7 rings (SSSR count). The van der Waals surface area contributed by atoms with Crippen LogP contribution in [0.1, 0.15) is 59.1 Å². The van der Waals surface area contributed by atoms with Crippen molar-refractivity contribution >= 4 is 53.7 Å². The summed E-state index contributed by atoms with van der Waals surface area (Å²) in [5.41, 5.74) is 11.6. The van der Waals surface area contributed by atoms with E-state index in [0.717, 1.165) is 32.2 Å². The fourth-order valence-corrected chi connectivity index (χ4v) is 6.93. The third-order valence-electron chi connectivity index (χ3n) is 9.45. The summed E-state index contributed by atoms with van der Waals surface area (Å²) < 4.78 is 4.88. The smallest absolute Gasteiger partial charge is 0.219 e. The van der Waals surface area contributed by atoms with Gasteiger partial charge in [-0.25, -0.2) is 4.58 Å². The number of anilines is 2. The van der Waals surface area contributed by atoms with Gasteiger partial charge in [0.1, 0.15) is 12.8 Å². The lowest BCUT2D eigenvalue weighted by atomic mass is 9.93. The Kier molecular flexibility index (Phi) is 8.28. The second kappa shape index (κ2) is 12.8. The van der Waals surface area contributed by atoms with Crippen molar-refractivity contribution in [1.29, 1.82) is 0 Å². The van der Waals surface area contributed by atoms with Crippen LogP contribution in [0.2, 0.25) is 0 Å². The lowest BCUT2D eigenvalue weighted by Gasteiger charge is -2.12. The minimum atomic E-state index is 1.09. The second-order valence-corrected chi connectivity index (χ2v) is 13.0. The number of rotatable bonds is 6. The van der Waals surface area contributed by atoms with Crippen LogP contribution in [0, 0.1) is 16.8 Å².